The number of nitrogens with one attached hydrogen (secondary N) is 3. The molecule has 1 aliphatic rings. The van der Waals surface area contributed by atoms with E-state index in [4.69, 9.17) is 14.2 Å². The van der Waals surface area contributed by atoms with E-state index in [1.807, 2.05) is 0 Å². The van der Waals surface area contributed by atoms with Gasteiger partial charge in [0.2, 0.25) is 0 Å². The van der Waals surface area contributed by atoms with Crippen molar-refractivity contribution in [2.45, 2.75) is 148 Å². The molecule has 0 aromatic heterocycles. The molecule has 1 saturated heterocycles. The van der Waals surface area contributed by atoms with Gasteiger partial charge in [-0.25, -0.2) is 0 Å². The largest absolute Gasteiger partial charge is 0.464 e. The van der Waals surface area contributed by atoms with E-state index in [9.17, 15) is 14.4 Å². The molecule has 3 unspecified atom stereocenters. The van der Waals surface area contributed by atoms with Crippen LogP contribution in [0.2, 0.25) is 0 Å². The van der Waals surface area contributed by atoms with Gasteiger partial charge in [-0.15, -0.1) is 0 Å². The summed E-state index contributed by atoms with van der Waals surface area (Å²) in [5.74, 6) is -0.348. The lowest BCUT2D eigenvalue weighted by atomic mass is 10.1. The van der Waals surface area contributed by atoms with Crippen LogP contribution in [0.5, 0.6) is 0 Å². The minimum Gasteiger partial charge on any atom is -0.464 e. The SMILES string of the molecule is CC1CCCCCCC(=O)OCCNC(C)CCCCCC(=O)OCCNC(C)CCCCCCC(=O)OCCN1. The summed E-state index contributed by atoms with van der Waals surface area (Å²) in [6.07, 6.45) is 15.7. The lowest BCUT2D eigenvalue weighted by molar-refractivity contribution is -0.144. The number of rotatable bonds is 0. The van der Waals surface area contributed by atoms with E-state index < -0.39 is 0 Å². The molecule has 0 bridgehead atoms. The Labute approximate surface area is 250 Å². The molecule has 3 N–H and O–H groups in total. The quantitative estimate of drug-likeness (QED) is 0.262. The summed E-state index contributed by atoms with van der Waals surface area (Å²) < 4.78 is 16.1. The summed E-state index contributed by atoms with van der Waals surface area (Å²) in [6.45, 7) is 9.70. The Balaban J connectivity index is 2.30. The average molecular weight is 584 g/mol. The molecule has 0 aromatic carbocycles. The monoisotopic (exact) mass is 583 g/mol. The molecule has 0 radical (unpaired) electrons. The number of hydrogen-bond acceptors (Lipinski definition) is 9. The van der Waals surface area contributed by atoms with Gasteiger partial charge in [-0.1, -0.05) is 51.4 Å². The van der Waals surface area contributed by atoms with Gasteiger partial charge in [-0.2, -0.15) is 0 Å². The summed E-state index contributed by atoms with van der Waals surface area (Å²) in [6, 6.07) is 1.11. The molecular formula is C32H61N3O6. The maximum Gasteiger partial charge on any atom is 0.305 e. The first-order valence-corrected chi connectivity index (χ1v) is 16.5. The van der Waals surface area contributed by atoms with Crippen LogP contribution in [-0.4, -0.2) is 75.5 Å². The maximum absolute atomic E-state index is 12.0. The van der Waals surface area contributed by atoms with Crippen LogP contribution in [-0.2, 0) is 28.6 Å². The fourth-order valence-electron chi connectivity index (χ4n) is 4.98. The van der Waals surface area contributed by atoms with Crippen LogP contribution in [0.3, 0.4) is 0 Å². The number of cyclic esters (lactones) is 3. The second kappa shape index (κ2) is 26.0. The van der Waals surface area contributed by atoms with Crippen LogP contribution in [0.25, 0.3) is 0 Å². The molecule has 240 valence electrons. The highest BCUT2D eigenvalue weighted by atomic mass is 16.5. The van der Waals surface area contributed by atoms with E-state index in [1.165, 1.54) is 0 Å². The summed E-state index contributed by atoms with van der Waals surface area (Å²) in [5.41, 5.74) is 0. The molecule has 9 nitrogen and oxygen atoms in total. The molecule has 0 aromatic rings. The van der Waals surface area contributed by atoms with Crippen molar-refractivity contribution < 1.29 is 28.6 Å². The van der Waals surface area contributed by atoms with Gasteiger partial charge in [0.05, 0.1) is 0 Å². The summed E-state index contributed by atoms with van der Waals surface area (Å²) in [4.78, 5) is 35.9. The maximum atomic E-state index is 12.0. The van der Waals surface area contributed by atoms with Gasteiger partial charge >= 0.3 is 17.9 Å². The zero-order chi connectivity index (χ0) is 30.0. The van der Waals surface area contributed by atoms with Crippen molar-refractivity contribution in [3.8, 4) is 0 Å². The van der Waals surface area contributed by atoms with Gasteiger partial charge in [0.1, 0.15) is 19.8 Å². The molecular weight excluding hydrogens is 522 g/mol. The Kier molecular flexibility index (Phi) is 23.6. The predicted molar refractivity (Wildman–Crippen MR) is 164 cm³/mol. The van der Waals surface area contributed by atoms with Crippen LogP contribution in [0.15, 0.2) is 0 Å². The number of esters is 3. The second-order valence-electron chi connectivity index (χ2n) is 11.7. The van der Waals surface area contributed by atoms with E-state index >= 15 is 0 Å². The fourth-order valence-corrected chi connectivity index (χ4v) is 4.98. The zero-order valence-corrected chi connectivity index (χ0v) is 26.4. The van der Waals surface area contributed by atoms with Crippen LogP contribution < -0.4 is 16.0 Å². The van der Waals surface area contributed by atoms with Crippen LogP contribution in [0.4, 0.5) is 0 Å². The first-order chi connectivity index (χ1) is 19.9. The van der Waals surface area contributed by atoms with Gasteiger partial charge in [0, 0.05) is 57.0 Å². The summed E-state index contributed by atoms with van der Waals surface area (Å²) in [7, 11) is 0. The normalized spacial score (nSPS) is 27.3. The third-order valence-electron chi connectivity index (χ3n) is 7.63. The molecule has 3 atom stereocenters. The Morgan fingerprint density at radius 1 is 0.439 bits per heavy atom. The van der Waals surface area contributed by atoms with Crippen LogP contribution in [0.1, 0.15) is 130 Å². The lowest BCUT2D eigenvalue weighted by Gasteiger charge is -2.14. The fraction of sp³-hybridized carbons (Fsp3) is 0.906. The van der Waals surface area contributed by atoms with E-state index in [1.54, 1.807) is 0 Å². The average Bonchev–Trinajstić information content (AvgIpc) is 2.94. The first kappa shape index (κ1) is 37.3. The van der Waals surface area contributed by atoms with Gasteiger partial charge in [0.25, 0.3) is 0 Å². The number of carbonyl (C=O) groups excluding carboxylic acids is 3. The van der Waals surface area contributed by atoms with E-state index in [0.29, 0.717) is 76.8 Å². The standard InChI is InChI=1S/C32H61N3O6/c1-27-15-9-4-7-13-19-31(37)40-25-23-35-29(3)17-11-8-14-20-32(38)41-26-22-34-28(2)16-10-5-6-12-18-30(36)39-24-21-33-27/h27-29,33-35H,4-26H2,1-3H3. The second-order valence-corrected chi connectivity index (χ2v) is 11.7. The summed E-state index contributed by atoms with van der Waals surface area (Å²) >= 11 is 0. The molecule has 1 fully saturated rings. The van der Waals surface area contributed by atoms with Gasteiger partial charge < -0.3 is 30.2 Å². The van der Waals surface area contributed by atoms with Gasteiger partial charge in [0.15, 0.2) is 0 Å². The van der Waals surface area contributed by atoms with Crippen LogP contribution >= 0.6 is 0 Å². The molecule has 41 heavy (non-hydrogen) atoms. The number of carbonyl (C=O) groups is 3. The minimum atomic E-state index is -0.121. The Hall–Kier alpha value is -1.71. The third-order valence-corrected chi connectivity index (χ3v) is 7.63. The first-order valence-electron chi connectivity index (χ1n) is 16.5. The molecule has 0 amide bonds. The Bertz CT molecular complexity index is 678. The molecule has 1 heterocycles. The molecule has 9 heteroatoms. The van der Waals surface area contributed by atoms with Crippen molar-refractivity contribution in [1.82, 2.24) is 16.0 Å². The zero-order valence-electron chi connectivity index (χ0n) is 26.4. The predicted octanol–water partition coefficient (Wildman–Crippen LogP) is 5.20. The molecule has 0 aliphatic carbocycles. The van der Waals surface area contributed by atoms with Crippen molar-refractivity contribution in [1.29, 1.82) is 0 Å². The highest BCUT2D eigenvalue weighted by Crippen LogP contribution is 2.10. The van der Waals surface area contributed by atoms with Gasteiger partial charge in [-0.3, -0.25) is 14.4 Å². The molecule has 1 rings (SSSR count). The molecule has 0 spiro atoms. The third kappa shape index (κ3) is 24.6. The minimum absolute atomic E-state index is 0.110. The van der Waals surface area contributed by atoms with Gasteiger partial charge in [-0.05, 0) is 59.3 Å². The molecule has 0 saturated carbocycles. The van der Waals surface area contributed by atoms with Crippen molar-refractivity contribution in [3.63, 3.8) is 0 Å². The number of hydrogen-bond donors (Lipinski definition) is 3. The lowest BCUT2D eigenvalue weighted by Crippen LogP contribution is -2.30. The topological polar surface area (TPSA) is 115 Å². The number of ether oxygens (including phenoxy) is 3. The van der Waals surface area contributed by atoms with E-state index in [0.717, 1.165) is 89.9 Å². The van der Waals surface area contributed by atoms with Crippen molar-refractivity contribution in [2.24, 2.45) is 0 Å². The van der Waals surface area contributed by atoms with Crippen molar-refractivity contribution in [2.75, 3.05) is 39.5 Å². The van der Waals surface area contributed by atoms with E-state index in [-0.39, 0.29) is 17.9 Å². The Morgan fingerprint density at radius 3 is 1.02 bits per heavy atom. The Morgan fingerprint density at radius 2 is 0.707 bits per heavy atom. The van der Waals surface area contributed by atoms with Crippen molar-refractivity contribution >= 4 is 17.9 Å². The van der Waals surface area contributed by atoms with E-state index in [2.05, 4.69) is 36.7 Å². The smallest absolute Gasteiger partial charge is 0.305 e. The highest BCUT2D eigenvalue weighted by Gasteiger charge is 2.08. The van der Waals surface area contributed by atoms with Crippen LogP contribution in [0, 0.1) is 0 Å². The summed E-state index contributed by atoms with van der Waals surface area (Å²) in [5, 5.41) is 10.3. The molecule has 1 aliphatic heterocycles. The van der Waals surface area contributed by atoms with Crippen molar-refractivity contribution in [3.05, 3.63) is 0 Å². The highest BCUT2D eigenvalue weighted by molar-refractivity contribution is 5.69.